The lowest BCUT2D eigenvalue weighted by molar-refractivity contribution is 0.672. The molecule has 258 valence electrons. The number of hydrogen-bond acceptors (Lipinski definition) is 2. The summed E-state index contributed by atoms with van der Waals surface area (Å²) in [6.45, 7) is 0. The van der Waals surface area contributed by atoms with Crippen molar-refractivity contribution in [2.24, 2.45) is 0 Å². The van der Waals surface area contributed by atoms with Crippen LogP contribution in [0.5, 0.6) is 0 Å². The highest BCUT2D eigenvalue weighted by molar-refractivity contribution is 6.20. The smallest absolute Gasteiger partial charge is 0.143 e. The van der Waals surface area contributed by atoms with Crippen molar-refractivity contribution in [3.63, 3.8) is 0 Å². The van der Waals surface area contributed by atoms with Gasteiger partial charge in [0.25, 0.3) is 0 Å². The predicted molar refractivity (Wildman–Crippen MR) is 231 cm³/mol. The largest absolute Gasteiger partial charge is 0.455 e. The van der Waals surface area contributed by atoms with E-state index in [0.717, 1.165) is 61.2 Å². The van der Waals surface area contributed by atoms with E-state index in [-0.39, 0.29) is 0 Å². The highest BCUT2D eigenvalue weighted by atomic mass is 16.3. The number of anilines is 3. The van der Waals surface area contributed by atoms with Crippen molar-refractivity contribution in [3.8, 4) is 27.9 Å². The van der Waals surface area contributed by atoms with E-state index in [9.17, 15) is 0 Å². The van der Waals surface area contributed by atoms with Crippen LogP contribution in [0, 0.1) is 0 Å². The molecule has 9 aromatic carbocycles. The summed E-state index contributed by atoms with van der Waals surface area (Å²) in [6, 6.07) is 73.8. The molecule has 0 atom stereocenters. The molecule has 0 aliphatic heterocycles. The van der Waals surface area contributed by atoms with Gasteiger partial charge >= 0.3 is 0 Å². The number of para-hydroxylation sites is 3. The molecule has 11 aromatic rings. The molecular formula is C52H34N2O. The fourth-order valence-electron chi connectivity index (χ4n) is 8.57. The highest BCUT2D eigenvalue weighted by Crippen LogP contribution is 2.47. The molecule has 0 amide bonds. The van der Waals surface area contributed by atoms with Gasteiger partial charge in [0.15, 0.2) is 0 Å². The van der Waals surface area contributed by atoms with Crippen LogP contribution in [0.4, 0.5) is 17.1 Å². The van der Waals surface area contributed by atoms with Crippen LogP contribution < -0.4 is 4.90 Å². The van der Waals surface area contributed by atoms with E-state index >= 15 is 0 Å². The summed E-state index contributed by atoms with van der Waals surface area (Å²) in [7, 11) is 0. The lowest BCUT2D eigenvalue weighted by Crippen LogP contribution is -2.11. The maximum Gasteiger partial charge on any atom is 0.143 e. The monoisotopic (exact) mass is 702 g/mol. The number of rotatable bonds is 6. The van der Waals surface area contributed by atoms with Gasteiger partial charge in [-0.25, -0.2) is 0 Å². The molecule has 3 nitrogen and oxygen atoms in total. The summed E-state index contributed by atoms with van der Waals surface area (Å²) in [4.78, 5) is 2.40. The van der Waals surface area contributed by atoms with Gasteiger partial charge in [0.1, 0.15) is 11.2 Å². The summed E-state index contributed by atoms with van der Waals surface area (Å²) in [5.41, 5.74) is 13.2. The predicted octanol–water partition coefficient (Wildman–Crippen LogP) is 14.6. The molecule has 0 aliphatic carbocycles. The summed E-state index contributed by atoms with van der Waals surface area (Å²) in [6.07, 6.45) is 0. The SMILES string of the molecule is c1ccc(-c2ccccc2N(c2ccc(-c3cccc4c3c3ccccc3n4-c3ccccc3)cc2)c2cccc3oc4c5ccccc5ccc4c23)cc1. The molecule has 55 heavy (non-hydrogen) atoms. The number of furan rings is 1. The summed E-state index contributed by atoms with van der Waals surface area (Å²) >= 11 is 0. The van der Waals surface area contributed by atoms with E-state index in [0.29, 0.717) is 0 Å². The number of benzene rings is 9. The van der Waals surface area contributed by atoms with Gasteiger partial charge in [0, 0.05) is 38.5 Å². The van der Waals surface area contributed by atoms with Crippen LogP contribution in [0.25, 0.3) is 82.5 Å². The van der Waals surface area contributed by atoms with Gasteiger partial charge in [-0.2, -0.15) is 0 Å². The maximum atomic E-state index is 6.70. The molecule has 0 radical (unpaired) electrons. The zero-order valence-electron chi connectivity index (χ0n) is 29.9. The third-order valence-corrected chi connectivity index (χ3v) is 11.0. The van der Waals surface area contributed by atoms with Crippen LogP contribution in [0.1, 0.15) is 0 Å². The lowest BCUT2D eigenvalue weighted by atomic mass is 9.98. The zero-order chi connectivity index (χ0) is 36.3. The first kappa shape index (κ1) is 31.2. The van der Waals surface area contributed by atoms with Gasteiger partial charge in [-0.1, -0.05) is 146 Å². The molecule has 2 heterocycles. The molecule has 0 bridgehead atoms. The van der Waals surface area contributed by atoms with Crippen LogP contribution in [-0.4, -0.2) is 4.57 Å². The van der Waals surface area contributed by atoms with E-state index in [1.54, 1.807) is 0 Å². The van der Waals surface area contributed by atoms with Gasteiger partial charge in [-0.3, -0.25) is 0 Å². The van der Waals surface area contributed by atoms with Gasteiger partial charge < -0.3 is 13.9 Å². The third kappa shape index (κ3) is 4.98. The molecule has 3 heteroatoms. The number of aromatic nitrogens is 1. The average Bonchev–Trinajstić information content (AvgIpc) is 3.82. The van der Waals surface area contributed by atoms with E-state index in [1.165, 1.54) is 38.3 Å². The summed E-state index contributed by atoms with van der Waals surface area (Å²) < 4.78 is 9.08. The van der Waals surface area contributed by atoms with Crippen molar-refractivity contribution >= 4 is 71.6 Å². The Morgan fingerprint density at radius 2 is 1.02 bits per heavy atom. The van der Waals surface area contributed by atoms with Crippen LogP contribution in [0.3, 0.4) is 0 Å². The Kier molecular flexibility index (Phi) is 7.17. The van der Waals surface area contributed by atoms with Crippen molar-refractivity contribution in [2.45, 2.75) is 0 Å². The standard InChI is InChI=1S/C52H34N2O/c1-3-15-35(16-4-1)40-20-9-11-24-45(40)54(48-27-14-28-49-51(48)44-34-31-36-17-7-8-21-42(36)52(44)55-49)39-32-29-37(30-33-39)41-23-13-26-47-50(41)43-22-10-12-25-46(43)53(47)38-18-5-2-6-19-38/h1-34H. The van der Waals surface area contributed by atoms with Crippen LogP contribution in [0.2, 0.25) is 0 Å². The summed E-state index contributed by atoms with van der Waals surface area (Å²) in [5, 5.41) is 6.97. The van der Waals surface area contributed by atoms with E-state index < -0.39 is 0 Å². The Balaban J connectivity index is 1.13. The van der Waals surface area contributed by atoms with Gasteiger partial charge in [-0.15, -0.1) is 0 Å². The van der Waals surface area contributed by atoms with Crippen molar-refractivity contribution in [3.05, 3.63) is 206 Å². The van der Waals surface area contributed by atoms with E-state index in [1.807, 2.05) is 0 Å². The fourth-order valence-corrected chi connectivity index (χ4v) is 8.57. The Morgan fingerprint density at radius 1 is 0.382 bits per heavy atom. The molecule has 0 fully saturated rings. The normalized spacial score (nSPS) is 11.6. The second-order valence-electron chi connectivity index (χ2n) is 14.1. The third-order valence-electron chi connectivity index (χ3n) is 11.0. The van der Waals surface area contributed by atoms with Crippen LogP contribution in [0.15, 0.2) is 211 Å². The maximum absolute atomic E-state index is 6.70. The Hall–Kier alpha value is -7.36. The van der Waals surface area contributed by atoms with Crippen molar-refractivity contribution < 1.29 is 4.42 Å². The topological polar surface area (TPSA) is 21.3 Å². The minimum absolute atomic E-state index is 0.865. The molecule has 0 unspecified atom stereocenters. The van der Waals surface area contributed by atoms with Gasteiger partial charge in [0.2, 0.25) is 0 Å². The molecule has 0 spiro atoms. The molecule has 2 aromatic heterocycles. The molecule has 11 rings (SSSR count). The Bertz CT molecular complexity index is 3190. The van der Waals surface area contributed by atoms with Crippen molar-refractivity contribution in [1.29, 1.82) is 0 Å². The minimum Gasteiger partial charge on any atom is -0.455 e. The average molecular weight is 703 g/mol. The van der Waals surface area contributed by atoms with Crippen LogP contribution >= 0.6 is 0 Å². The number of hydrogen-bond donors (Lipinski definition) is 0. The molecule has 0 saturated carbocycles. The second-order valence-corrected chi connectivity index (χ2v) is 14.1. The second kappa shape index (κ2) is 12.6. The Morgan fingerprint density at radius 3 is 1.87 bits per heavy atom. The fraction of sp³-hybridized carbons (Fsp3) is 0. The minimum atomic E-state index is 0.865. The van der Waals surface area contributed by atoms with E-state index in [2.05, 4.69) is 216 Å². The zero-order valence-corrected chi connectivity index (χ0v) is 29.9. The highest BCUT2D eigenvalue weighted by Gasteiger charge is 2.23. The first-order valence-electron chi connectivity index (χ1n) is 18.8. The first-order chi connectivity index (χ1) is 27.3. The lowest BCUT2D eigenvalue weighted by Gasteiger charge is -2.28. The number of fused-ring (bicyclic) bond motifs is 8. The van der Waals surface area contributed by atoms with Crippen molar-refractivity contribution in [2.75, 3.05) is 4.90 Å². The molecule has 0 N–H and O–H groups in total. The molecule has 0 aliphatic rings. The Labute approximate surface area is 318 Å². The van der Waals surface area contributed by atoms with E-state index in [4.69, 9.17) is 4.42 Å². The van der Waals surface area contributed by atoms with Crippen molar-refractivity contribution in [1.82, 2.24) is 4.57 Å². The summed E-state index contributed by atoms with van der Waals surface area (Å²) in [5.74, 6) is 0. The molecule has 0 saturated heterocycles. The first-order valence-corrected chi connectivity index (χ1v) is 18.8. The quantitative estimate of drug-likeness (QED) is 0.172. The van der Waals surface area contributed by atoms with Gasteiger partial charge in [0.05, 0.1) is 27.8 Å². The van der Waals surface area contributed by atoms with Crippen LogP contribution in [-0.2, 0) is 0 Å². The molecular weight excluding hydrogens is 669 g/mol. The number of nitrogens with zero attached hydrogens (tertiary/aromatic N) is 2. The van der Waals surface area contributed by atoms with Gasteiger partial charge in [-0.05, 0) is 82.7 Å².